The highest BCUT2D eigenvalue weighted by Crippen LogP contribution is 2.14. The lowest BCUT2D eigenvalue weighted by Crippen LogP contribution is -1.85. The van der Waals surface area contributed by atoms with Crippen molar-refractivity contribution in [3.63, 3.8) is 0 Å². The first-order valence-electron chi connectivity index (χ1n) is 16.0. The number of aryl methyl sites for hydroxylation is 8. The molecule has 0 amide bonds. The Kier molecular flexibility index (Phi) is 18.1. The molecular weight excluding hydrogens is 528 g/mol. The zero-order valence-electron chi connectivity index (χ0n) is 29.7. The lowest BCUT2D eigenvalue weighted by molar-refractivity contribution is 0.866. The lowest BCUT2D eigenvalue weighted by Gasteiger charge is -2.03. The molecule has 0 atom stereocenters. The summed E-state index contributed by atoms with van der Waals surface area (Å²) in [6.07, 6.45) is 0. The molecular formula is C44H58. The Hall–Kier alpha value is -3.90. The fourth-order valence-electron chi connectivity index (χ4n) is 3.89. The minimum Gasteiger partial charge on any atom is -0.0620 e. The van der Waals surface area contributed by atoms with E-state index in [1.165, 1.54) is 55.6 Å². The molecule has 0 N–H and O–H groups in total. The van der Waals surface area contributed by atoms with Gasteiger partial charge in [-0.3, -0.25) is 0 Å². The number of hydrogen-bond donors (Lipinski definition) is 0. The Morgan fingerprint density at radius 3 is 0.591 bits per heavy atom. The zero-order valence-corrected chi connectivity index (χ0v) is 29.7. The summed E-state index contributed by atoms with van der Waals surface area (Å²) in [5.41, 5.74) is 13.7. The summed E-state index contributed by atoms with van der Waals surface area (Å²) >= 11 is 0. The molecule has 0 aromatic heterocycles. The van der Waals surface area contributed by atoms with E-state index in [0.29, 0.717) is 11.8 Å². The first-order valence-corrected chi connectivity index (χ1v) is 16.0. The molecule has 0 aliphatic heterocycles. The largest absolute Gasteiger partial charge is 0.0620 e. The third-order valence-corrected chi connectivity index (χ3v) is 7.76. The Morgan fingerprint density at radius 2 is 0.455 bits per heavy atom. The van der Waals surface area contributed by atoms with Crippen LogP contribution in [0.15, 0.2) is 121 Å². The van der Waals surface area contributed by atoms with Crippen LogP contribution in [0.2, 0.25) is 0 Å². The highest BCUT2D eigenvalue weighted by Gasteiger charge is 1.96. The predicted molar refractivity (Wildman–Crippen MR) is 198 cm³/mol. The van der Waals surface area contributed by atoms with Gasteiger partial charge < -0.3 is 0 Å². The molecule has 0 radical (unpaired) electrons. The molecule has 0 unspecified atom stereocenters. The van der Waals surface area contributed by atoms with Crippen molar-refractivity contribution in [2.75, 3.05) is 0 Å². The molecule has 234 valence electrons. The SMILES string of the molecule is Cc1ccc(C(C)C)cc1.Cc1ccc(C(C)C)cc1.Cc1ccccc1C.Cc1ccccc1C.Cc1ccccc1C. The van der Waals surface area contributed by atoms with Gasteiger partial charge >= 0.3 is 0 Å². The maximum Gasteiger partial charge on any atom is -0.0219 e. The number of hydrogen-bond acceptors (Lipinski definition) is 0. The molecule has 44 heavy (non-hydrogen) atoms. The molecule has 5 aromatic carbocycles. The van der Waals surface area contributed by atoms with E-state index in [1.807, 2.05) is 0 Å². The van der Waals surface area contributed by atoms with Gasteiger partial charge in [-0.1, -0.05) is 160 Å². The lowest BCUT2D eigenvalue weighted by atomic mass is 10.0. The Morgan fingerprint density at radius 1 is 0.273 bits per heavy atom. The van der Waals surface area contributed by atoms with Gasteiger partial charge in [0.25, 0.3) is 0 Å². The molecule has 0 nitrogen and oxygen atoms in total. The van der Waals surface area contributed by atoms with Gasteiger partial charge in [0.2, 0.25) is 0 Å². The maximum atomic E-state index is 2.21. The normalized spacial score (nSPS) is 9.77. The molecule has 0 saturated carbocycles. The molecule has 5 aromatic rings. The van der Waals surface area contributed by atoms with Crippen LogP contribution < -0.4 is 0 Å². The summed E-state index contributed by atoms with van der Waals surface area (Å²) in [6.45, 7) is 25.8. The van der Waals surface area contributed by atoms with Crippen LogP contribution in [0.1, 0.15) is 95.2 Å². The average molecular weight is 587 g/mol. The Labute approximate surface area is 271 Å². The highest BCUT2D eigenvalue weighted by molar-refractivity contribution is 5.26. The predicted octanol–water partition coefficient (Wildman–Crippen LogP) is 13.1. The smallest absolute Gasteiger partial charge is 0.0219 e. The van der Waals surface area contributed by atoms with Crippen molar-refractivity contribution in [1.82, 2.24) is 0 Å². The van der Waals surface area contributed by atoms with Crippen LogP contribution in [-0.4, -0.2) is 0 Å². The van der Waals surface area contributed by atoms with Gasteiger partial charge in [-0.2, -0.15) is 0 Å². The molecule has 0 fully saturated rings. The van der Waals surface area contributed by atoms with Gasteiger partial charge in [0.1, 0.15) is 0 Å². The van der Waals surface area contributed by atoms with Crippen molar-refractivity contribution in [3.05, 3.63) is 177 Å². The third-order valence-electron chi connectivity index (χ3n) is 7.76. The summed E-state index contributed by atoms with van der Waals surface area (Å²) in [4.78, 5) is 0. The van der Waals surface area contributed by atoms with Crippen molar-refractivity contribution < 1.29 is 0 Å². The van der Waals surface area contributed by atoms with Crippen molar-refractivity contribution in [2.24, 2.45) is 0 Å². The van der Waals surface area contributed by atoms with E-state index in [-0.39, 0.29) is 0 Å². The topological polar surface area (TPSA) is 0 Å². The van der Waals surface area contributed by atoms with E-state index in [2.05, 4.69) is 204 Å². The summed E-state index contributed by atoms with van der Waals surface area (Å²) in [6, 6.07) is 42.5. The highest BCUT2D eigenvalue weighted by atomic mass is 14.0. The molecule has 0 aliphatic rings. The van der Waals surface area contributed by atoms with E-state index >= 15 is 0 Å². The fraction of sp³-hybridized carbons (Fsp3) is 0.318. The van der Waals surface area contributed by atoms with Gasteiger partial charge in [-0.05, 0) is 112 Å². The molecule has 0 heteroatoms. The molecule has 0 heterocycles. The van der Waals surface area contributed by atoms with Crippen LogP contribution in [0.5, 0.6) is 0 Å². The Bertz CT molecular complexity index is 1240. The standard InChI is InChI=1S/2C10H14.3C8H10/c2*1-8(2)10-6-4-9(3)5-7-10;3*1-7-5-3-4-6-8(7)2/h2*4-8H,1-3H3;3*3-6H,1-2H3. The molecule has 0 spiro atoms. The summed E-state index contributed by atoms with van der Waals surface area (Å²) in [5.74, 6) is 1.31. The van der Waals surface area contributed by atoms with E-state index in [4.69, 9.17) is 0 Å². The minimum atomic E-state index is 0.653. The fourth-order valence-corrected chi connectivity index (χ4v) is 3.89. The van der Waals surface area contributed by atoms with E-state index in [9.17, 15) is 0 Å². The monoisotopic (exact) mass is 586 g/mol. The number of benzene rings is 5. The van der Waals surface area contributed by atoms with E-state index < -0.39 is 0 Å². The number of rotatable bonds is 2. The van der Waals surface area contributed by atoms with Crippen LogP contribution in [0.4, 0.5) is 0 Å². The van der Waals surface area contributed by atoms with Gasteiger partial charge in [-0.15, -0.1) is 0 Å². The van der Waals surface area contributed by atoms with E-state index in [0.717, 1.165) is 0 Å². The zero-order chi connectivity index (χ0) is 33.1. The summed E-state index contributed by atoms with van der Waals surface area (Å²) in [7, 11) is 0. The molecule has 5 rings (SSSR count). The molecule has 0 bridgehead atoms. The van der Waals surface area contributed by atoms with E-state index in [1.54, 1.807) is 0 Å². The first kappa shape index (κ1) is 38.1. The molecule has 0 aliphatic carbocycles. The second-order valence-corrected chi connectivity index (χ2v) is 12.4. The average Bonchev–Trinajstić information content (AvgIpc) is 2.99. The van der Waals surface area contributed by atoms with Gasteiger partial charge in [0.05, 0.1) is 0 Å². The minimum absolute atomic E-state index is 0.653. The second-order valence-electron chi connectivity index (χ2n) is 12.4. The second kappa shape index (κ2) is 20.9. The van der Waals surface area contributed by atoms with Crippen molar-refractivity contribution in [1.29, 1.82) is 0 Å². The van der Waals surface area contributed by atoms with Crippen LogP contribution in [0, 0.1) is 55.4 Å². The summed E-state index contributed by atoms with van der Waals surface area (Å²) < 4.78 is 0. The summed E-state index contributed by atoms with van der Waals surface area (Å²) in [5, 5.41) is 0. The quantitative estimate of drug-likeness (QED) is 0.193. The first-order chi connectivity index (χ1) is 20.8. The van der Waals surface area contributed by atoms with Crippen LogP contribution >= 0.6 is 0 Å². The van der Waals surface area contributed by atoms with Crippen molar-refractivity contribution in [2.45, 2.75) is 94.9 Å². The van der Waals surface area contributed by atoms with Crippen LogP contribution in [0.25, 0.3) is 0 Å². The molecule has 0 saturated heterocycles. The van der Waals surface area contributed by atoms with Gasteiger partial charge in [-0.25, -0.2) is 0 Å². The third kappa shape index (κ3) is 16.1. The van der Waals surface area contributed by atoms with Gasteiger partial charge in [0, 0.05) is 0 Å². The van der Waals surface area contributed by atoms with Crippen molar-refractivity contribution >= 4 is 0 Å². The Balaban J connectivity index is 0.000000276. The van der Waals surface area contributed by atoms with Gasteiger partial charge in [0.15, 0.2) is 0 Å². The maximum absolute atomic E-state index is 2.21. The van der Waals surface area contributed by atoms with Crippen LogP contribution in [-0.2, 0) is 0 Å². The van der Waals surface area contributed by atoms with Crippen LogP contribution in [0.3, 0.4) is 0 Å². The van der Waals surface area contributed by atoms with Crippen molar-refractivity contribution in [3.8, 4) is 0 Å².